The summed E-state index contributed by atoms with van der Waals surface area (Å²) in [6.07, 6.45) is 75.2. The number of quaternary nitrogens is 1. The van der Waals surface area contributed by atoms with Crippen molar-refractivity contribution in [2.75, 3.05) is 40.9 Å². The van der Waals surface area contributed by atoms with Gasteiger partial charge in [0.05, 0.1) is 33.8 Å². The maximum Gasteiger partial charge on any atom is 0.306 e. The van der Waals surface area contributed by atoms with Crippen LogP contribution >= 0.6 is 7.82 Å². The van der Waals surface area contributed by atoms with Crippen molar-refractivity contribution in [1.82, 2.24) is 5.32 Å². The summed E-state index contributed by atoms with van der Waals surface area (Å²) in [6, 6.07) is -0.907. The van der Waals surface area contributed by atoms with E-state index in [2.05, 4.69) is 111 Å². The van der Waals surface area contributed by atoms with Crippen molar-refractivity contribution in [1.29, 1.82) is 0 Å². The summed E-state index contributed by atoms with van der Waals surface area (Å²) in [6.45, 7) is 6.70. The highest BCUT2D eigenvalue weighted by molar-refractivity contribution is 7.45. The number of rotatable bonds is 56. The van der Waals surface area contributed by atoms with Crippen molar-refractivity contribution >= 4 is 19.7 Å². The molecule has 0 aliphatic carbocycles. The standard InChI is InChI=1S/C67H119N2O7P/c1-7-10-13-16-19-22-25-28-30-31-32-33-34-35-36-37-38-39-40-42-45-48-51-54-57-60-67(71)76-65(58-55-52-49-46-43-27-24-21-18-15-12-9-3)64(63-75-77(72,73)74-62-61-69(4,5)6)68-66(70)59-56-53-50-47-44-41-29-26-23-20-17-14-11-8-2/h10,13,19,22,28,30,32-33,35-36,38-39,41,44,55,58,64-65H,7-9,11-12,14-18,20-21,23-27,29,31,34,37,40,42-43,45-54,56-57,59-63H2,1-6H3,(H-,68,70,72,73)/b13-10-,22-19-,30-28-,33-32-,36-35-,39-38-,44-41-,58-55-. The molecule has 0 bridgehead atoms. The normalized spacial score (nSPS) is 14.3. The smallest absolute Gasteiger partial charge is 0.306 e. The Hall–Kier alpha value is -3.07. The van der Waals surface area contributed by atoms with E-state index in [9.17, 15) is 19.0 Å². The average Bonchev–Trinajstić information content (AvgIpc) is 3.39. The molecule has 9 nitrogen and oxygen atoms in total. The average molecular weight is 1100 g/mol. The Morgan fingerprint density at radius 3 is 1.27 bits per heavy atom. The first-order valence-corrected chi connectivity index (χ1v) is 33.0. The molecule has 0 aromatic heterocycles. The number of ether oxygens (including phenoxy) is 1. The predicted molar refractivity (Wildman–Crippen MR) is 330 cm³/mol. The number of carbonyl (C=O) groups is 2. The van der Waals surface area contributed by atoms with E-state index in [0.29, 0.717) is 23.9 Å². The van der Waals surface area contributed by atoms with Gasteiger partial charge in [-0.15, -0.1) is 0 Å². The summed E-state index contributed by atoms with van der Waals surface area (Å²) in [4.78, 5) is 40.0. The van der Waals surface area contributed by atoms with Crippen molar-refractivity contribution in [3.05, 3.63) is 97.2 Å². The van der Waals surface area contributed by atoms with Crippen molar-refractivity contribution in [3.8, 4) is 0 Å². The zero-order chi connectivity index (χ0) is 56.4. The molecule has 3 unspecified atom stereocenters. The number of esters is 1. The zero-order valence-corrected chi connectivity index (χ0v) is 51.5. The van der Waals surface area contributed by atoms with Crippen molar-refractivity contribution < 1.29 is 37.3 Å². The number of hydrogen-bond acceptors (Lipinski definition) is 7. The second-order valence-electron chi connectivity index (χ2n) is 22.2. The molecule has 0 aliphatic rings. The molecule has 1 N–H and O–H groups in total. The molecule has 0 spiro atoms. The van der Waals surface area contributed by atoms with E-state index >= 15 is 0 Å². The Bertz CT molecular complexity index is 1640. The van der Waals surface area contributed by atoms with Crippen LogP contribution in [0.1, 0.15) is 265 Å². The largest absolute Gasteiger partial charge is 0.756 e. The summed E-state index contributed by atoms with van der Waals surface area (Å²) < 4.78 is 30.3. The van der Waals surface area contributed by atoms with Crippen LogP contribution in [0.25, 0.3) is 0 Å². The van der Waals surface area contributed by atoms with E-state index in [4.69, 9.17) is 13.8 Å². The van der Waals surface area contributed by atoms with Crippen LogP contribution in [0, 0.1) is 0 Å². The summed E-state index contributed by atoms with van der Waals surface area (Å²) in [5.74, 6) is -0.579. The molecule has 0 aromatic rings. The number of nitrogens with one attached hydrogen (secondary N) is 1. The molecule has 0 radical (unpaired) electrons. The molecule has 0 heterocycles. The Kier molecular flexibility index (Phi) is 54.0. The summed E-state index contributed by atoms with van der Waals surface area (Å²) in [5, 5.41) is 3.01. The lowest BCUT2D eigenvalue weighted by Gasteiger charge is -2.30. The number of amides is 1. The van der Waals surface area contributed by atoms with E-state index < -0.39 is 26.6 Å². The van der Waals surface area contributed by atoms with Crippen LogP contribution in [0.4, 0.5) is 0 Å². The third-order valence-corrected chi connectivity index (χ3v) is 14.5. The lowest BCUT2D eigenvalue weighted by atomic mass is 10.0. The Morgan fingerprint density at radius 1 is 0.468 bits per heavy atom. The van der Waals surface area contributed by atoms with E-state index in [1.54, 1.807) is 0 Å². The fourth-order valence-electron chi connectivity index (χ4n) is 8.64. The van der Waals surface area contributed by atoms with Gasteiger partial charge in [0.2, 0.25) is 5.91 Å². The van der Waals surface area contributed by atoms with E-state index in [-0.39, 0.29) is 31.3 Å². The number of allylic oxidation sites excluding steroid dienone is 15. The van der Waals surface area contributed by atoms with Crippen LogP contribution in [-0.4, -0.2) is 69.4 Å². The van der Waals surface area contributed by atoms with Crippen molar-refractivity contribution in [2.24, 2.45) is 0 Å². The van der Waals surface area contributed by atoms with E-state index in [1.165, 1.54) is 96.3 Å². The van der Waals surface area contributed by atoms with Crippen LogP contribution in [0.5, 0.6) is 0 Å². The Balaban J connectivity index is 5.23. The highest BCUT2D eigenvalue weighted by Crippen LogP contribution is 2.38. The number of likely N-dealkylation sites (N-methyl/N-ethyl adjacent to an activating group) is 1. The van der Waals surface area contributed by atoms with Gasteiger partial charge in [-0.3, -0.25) is 14.2 Å². The van der Waals surface area contributed by atoms with Gasteiger partial charge in [-0.25, -0.2) is 0 Å². The maximum absolute atomic E-state index is 13.5. The highest BCUT2D eigenvalue weighted by Gasteiger charge is 2.27. The number of carbonyl (C=O) groups excluding carboxylic acids is 2. The SMILES string of the molecule is CC/C=C\C/C=C\C/C=C\C/C=C\C/C=C\C/C=C\CCCCCCCCC(=O)OC(/C=C\CCCCCCCCCCCC)C(COP(=O)([O-])OCC[N+](C)(C)C)NC(=O)CCCCC/C=C\CCCCCCCCC. The van der Waals surface area contributed by atoms with Crippen LogP contribution < -0.4 is 10.2 Å². The number of phosphoric acid groups is 1. The van der Waals surface area contributed by atoms with Gasteiger partial charge in [0.1, 0.15) is 19.3 Å². The fraction of sp³-hybridized carbons (Fsp3) is 0.731. The third-order valence-electron chi connectivity index (χ3n) is 13.5. The molecule has 1 amide bonds. The first-order valence-electron chi connectivity index (χ1n) is 31.5. The molecule has 444 valence electrons. The first kappa shape index (κ1) is 73.9. The molecule has 0 aliphatic heterocycles. The Labute approximate surface area is 475 Å². The van der Waals surface area contributed by atoms with Crippen molar-refractivity contribution in [2.45, 2.75) is 277 Å². The lowest BCUT2D eigenvalue weighted by Crippen LogP contribution is -2.47. The molecule has 0 fully saturated rings. The van der Waals surface area contributed by atoms with E-state index in [1.807, 2.05) is 33.3 Å². The zero-order valence-electron chi connectivity index (χ0n) is 50.6. The number of phosphoric ester groups is 1. The van der Waals surface area contributed by atoms with Gasteiger partial charge in [-0.2, -0.15) is 0 Å². The summed E-state index contributed by atoms with van der Waals surface area (Å²) in [5.41, 5.74) is 0. The molecule has 0 rings (SSSR count). The quantitative estimate of drug-likeness (QED) is 0.0212. The summed E-state index contributed by atoms with van der Waals surface area (Å²) >= 11 is 0. The fourth-order valence-corrected chi connectivity index (χ4v) is 9.36. The van der Waals surface area contributed by atoms with Gasteiger partial charge >= 0.3 is 5.97 Å². The molecular weight excluding hydrogens is 976 g/mol. The third kappa shape index (κ3) is 57.4. The van der Waals surface area contributed by atoms with Gasteiger partial charge in [0.15, 0.2) is 0 Å². The second-order valence-corrected chi connectivity index (χ2v) is 23.6. The van der Waals surface area contributed by atoms with Gasteiger partial charge < -0.3 is 28.5 Å². The van der Waals surface area contributed by atoms with Gasteiger partial charge in [-0.05, 0) is 109 Å². The summed E-state index contributed by atoms with van der Waals surface area (Å²) in [7, 11) is 1.16. The minimum Gasteiger partial charge on any atom is -0.756 e. The van der Waals surface area contributed by atoms with Crippen LogP contribution in [-0.2, 0) is 27.9 Å². The minimum atomic E-state index is -4.71. The monoisotopic (exact) mass is 1090 g/mol. The molecule has 0 saturated heterocycles. The number of nitrogens with zero attached hydrogens (tertiary/aromatic N) is 1. The molecule has 10 heteroatoms. The van der Waals surface area contributed by atoms with Crippen LogP contribution in [0.3, 0.4) is 0 Å². The molecule has 0 aromatic carbocycles. The van der Waals surface area contributed by atoms with Crippen molar-refractivity contribution in [3.63, 3.8) is 0 Å². The maximum atomic E-state index is 13.5. The molecule has 3 atom stereocenters. The van der Waals surface area contributed by atoms with Gasteiger partial charge in [-0.1, -0.05) is 240 Å². The molecule has 0 saturated carbocycles. The number of unbranched alkanes of at least 4 members (excludes halogenated alkanes) is 26. The predicted octanol–water partition coefficient (Wildman–Crippen LogP) is 18.9. The van der Waals surface area contributed by atoms with Crippen LogP contribution in [0.2, 0.25) is 0 Å². The Morgan fingerprint density at radius 2 is 0.831 bits per heavy atom. The minimum absolute atomic E-state index is 0.0315. The highest BCUT2D eigenvalue weighted by atomic mass is 31.2. The topological polar surface area (TPSA) is 114 Å². The van der Waals surface area contributed by atoms with E-state index in [0.717, 1.165) is 122 Å². The molecule has 77 heavy (non-hydrogen) atoms. The van der Waals surface area contributed by atoms with Crippen LogP contribution in [0.15, 0.2) is 97.2 Å². The first-order chi connectivity index (χ1) is 37.4. The lowest BCUT2D eigenvalue weighted by molar-refractivity contribution is -0.870. The molecular formula is C67H119N2O7P. The van der Waals surface area contributed by atoms with Gasteiger partial charge in [0, 0.05) is 12.8 Å². The number of hydrogen-bond donors (Lipinski definition) is 1. The second kappa shape index (κ2) is 56.2. The van der Waals surface area contributed by atoms with Gasteiger partial charge in [0.25, 0.3) is 7.82 Å².